The highest BCUT2D eigenvalue weighted by Crippen LogP contribution is 2.45. The molecule has 0 fully saturated rings. The summed E-state index contributed by atoms with van der Waals surface area (Å²) < 4.78 is 57.1. The van der Waals surface area contributed by atoms with Gasteiger partial charge in [0, 0.05) is 19.8 Å². The number of aliphatic hydroxyl groups is 2. The van der Waals surface area contributed by atoms with Crippen molar-refractivity contribution in [2.24, 2.45) is 0 Å². The smallest absolute Gasteiger partial charge is 0.462 e. The van der Waals surface area contributed by atoms with E-state index in [0.717, 1.165) is 19.8 Å². The lowest BCUT2D eigenvalue weighted by Crippen LogP contribution is -2.29. The first kappa shape index (κ1) is 36.5. The van der Waals surface area contributed by atoms with Crippen LogP contribution in [0.3, 0.4) is 0 Å². The summed E-state index contributed by atoms with van der Waals surface area (Å²) in [6, 6.07) is 0. The van der Waals surface area contributed by atoms with E-state index in [1.54, 1.807) is 0 Å². The molecule has 0 bridgehead atoms. The zero-order valence-corrected chi connectivity index (χ0v) is 23.4. The Kier molecular flexibility index (Phi) is 18.8. The number of hydrogen-bond acceptors (Lipinski definition) is 14. The second-order valence-corrected chi connectivity index (χ2v) is 10.7. The fourth-order valence-electron chi connectivity index (χ4n) is 2.32. The van der Waals surface area contributed by atoms with Crippen molar-refractivity contribution >= 4 is 33.6 Å². The maximum Gasteiger partial charge on any atom is 0.472 e. The van der Waals surface area contributed by atoms with Crippen LogP contribution in [0, 0.1) is 0 Å². The highest BCUT2D eigenvalue weighted by atomic mass is 31.2. The van der Waals surface area contributed by atoms with E-state index in [1.807, 2.05) is 6.92 Å². The Balaban J connectivity index is 4.61. The lowest BCUT2D eigenvalue weighted by Gasteiger charge is -2.21. The van der Waals surface area contributed by atoms with E-state index in [-0.39, 0.29) is 12.8 Å². The second-order valence-electron chi connectivity index (χ2n) is 7.79. The van der Waals surface area contributed by atoms with Crippen LogP contribution in [-0.2, 0) is 55.8 Å². The van der Waals surface area contributed by atoms with Crippen LogP contribution in [0.25, 0.3) is 0 Å². The maximum atomic E-state index is 12.1. The van der Waals surface area contributed by atoms with Crippen molar-refractivity contribution in [2.75, 3.05) is 39.6 Å². The van der Waals surface area contributed by atoms with Gasteiger partial charge in [0.15, 0.2) is 6.10 Å². The van der Waals surface area contributed by atoms with Crippen LogP contribution >= 0.6 is 15.6 Å². The van der Waals surface area contributed by atoms with Gasteiger partial charge in [-0.05, 0) is 6.42 Å². The molecule has 0 aliphatic heterocycles. The molecule has 5 atom stereocenters. The summed E-state index contributed by atoms with van der Waals surface area (Å²) in [5, 5.41) is 18.9. The Morgan fingerprint density at radius 2 is 1.26 bits per heavy atom. The Morgan fingerprint density at radius 3 is 1.74 bits per heavy atom. The van der Waals surface area contributed by atoms with Gasteiger partial charge < -0.3 is 34.2 Å². The summed E-state index contributed by atoms with van der Waals surface area (Å²) in [4.78, 5) is 53.6. The topological polar surface area (TPSA) is 231 Å². The Morgan fingerprint density at radius 1 is 0.763 bits per heavy atom. The Labute approximate surface area is 220 Å². The monoisotopic (exact) mass is 596 g/mol. The molecule has 0 aromatic heterocycles. The van der Waals surface area contributed by atoms with Gasteiger partial charge in [-0.2, -0.15) is 0 Å². The van der Waals surface area contributed by atoms with Crippen LogP contribution < -0.4 is 0 Å². The van der Waals surface area contributed by atoms with E-state index in [9.17, 15) is 38.4 Å². The van der Waals surface area contributed by atoms with Gasteiger partial charge in [-0.3, -0.25) is 32.5 Å². The maximum absolute atomic E-state index is 12.1. The molecule has 16 nitrogen and oxygen atoms in total. The molecule has 4 N–H and O–H groups in total. The number of esters is 3. The summed E-state index contributed by atoms with van der Waals surface area (Å²) in [6.07, 6.45) is -1.79. The van der Waals surface area contributed by atoms with Crippen LogP contribution in [0.15, 0.2) is 0 Å². The molecule has 0 amide bonds. The van der Waals surface area contributed by atoms with E-state index in [2.05, 4.69) is 13.6 Å². The molecule has 0 rings (SSSR count). The van der Waals surface area contributed by atoms with E-state index in [4.69, 9.17) is 23.8 Å². The third kappa shape index (κ3) is 19.6. The minimum atomic E-state index is -4.81. The first-order valence-electron chi connectivity index (χ1n) is 11.8. The summed E-state index contributed by atoms with van der Waals surface area (Å²) in [6.45, 7) is 0.323. The molecule has 2 unspecified atom stereocenters. The van der Waals surface area contributed by atoms with Gasteiger partial charge in [-0.1, -0.05) is 26.7 Å². The molecular weight excluding hydrogens is 558 g/mol. The van der Waals surface area contributed by atoms with Crippen molar-refractivity contribution in [3.8, 4) is 0 Å². The molecule has 0 heterocycles. The van der Waals surface area contributed by atoms with Gasteiger partial charge in [-0.15, -0.1) is 0 Å². The zero-order valence-electron chi connectivity index (χ0n) is 21.6. The predicted octanol–water partition coefficient (Wildman–Crippen LogP) is 0.984. The van der Waals surface area contributed by atoms with Crippen LogP contribution in [0.5, 0.6) is 0 Å². The number of unbranched alkanes of at least 4 members (excludes halogenated alkanes) is 2. The van der Waals surface area contributed by atoms with Crippen molar-refractivity contribution in [1.82, 2.24) is 0 Å². The van der Waals surface area contributed by atoms with Crippen molar-refractivity contribution in [2.45, 2.75) is 71.2 Å². The zero-order chi connectivity index (χ0) is 29.2. The molecule has 0 saturated heterocycles. The van der Waals surface area contributed by atoms with Crippen LogP contribution in [0.1, 0.15) is 52.9 Å². The van der Waals surface area contributed by atoms with Crippen molar-refractivity contribution < 1.29 is 75.8 Å². The third-order valence-electron chi connectivity index (χ3n) is 4.25. The molecule has 0 aromatic rings. The summed E-state index contributed by atoms with van der Waals surface area (Å²) in [5.41, 5.74) is 0. The van der Waals surface area contributed by atoms with Gasteiger partial charge in [0.25, 0.3) is 0 Å². The minimum Gasteiger partial charge on any atom is -0.462 e. The molecule has 0 radical (unpaired) electrons. The average Bonchev–Trinajstić information content (AvgIpc) is 2.85. The van der Waals surface area contributed by atoms with E-state index in [1.165, 1.54) is 6.92 Å². The molecule has 0 spiro atoms. The number of aliphatic hydroxyl groups excluding tert-OH is 2. The van der Waals surface area contributed by atoms with Gasteiger partial charge in [-0.25, -0.2) is 9.13 Å². The standard InChI is InChI=1S/C20H38O16P2/c1-4-6-7-8-20(25)36-18(12-30-15(3)22)14-34-38(28,29)32-11-16(23)10-31-37(26,27)33-13-17(9-21)35-19(24)5-2/h16-18,21,23H,4-14H2,1-3H3,(H,26,27)(H,28,29)/t16-,17+,18+/m0/s1. The minimum absolute atomic E-state index is 0.00541. The number of carbonyl (C=O) groups excluding carboxylic acids is 3. The number of hydrogen-bond donors (Lipinski definition) is 4. The fraction of sp³-hybridized carbons (Fsp3) is 0.850. The average molecular weight is 596 g/mol. The summed E-state index contributed by atoms with van der Waals surface area (Å²) >= 11 is 0. The lowest BCUT2D eigenvalue weighted by atomic mass is 10.2. The number of phosphoric ester groups is 2. The second kappa shape index (κ2) is 19.6. The molecule has 0 aliphatic carbocycles. The lowest BCUT2D eigenvalue weighted by molar-refractivity contribution is -0.160. The number of carbonyl (C=O) groups is 3. The quantitative estimate of drug-likeness (QED) is 0.0590. The van der Waals surface area contributed by atoms with E-state index in [0.29, 0.717) is 6.42 Å². The number of rotatable bonds is 22. The van der Waals surface area contributed by atoms with E-state index < -0.39 is 91.5 Å². The number of ether oxygens (including phenoxy) is 3. The molecule has 38 heavy (non-hydrogen) atoms. The van der Waals surface area contributed by atoms with Crippen molar-refractivity contribution in [3.05, 3.63) is 0 Å². The fourth-order valence-corrected chi connectivity index (χ4v) is 3.90. The highest BCUT2D eigenvalue weighted by Gasteiger charge is 2.29. The molecule has 18 heteroatoms. The first-order chi connectivity index (χ1) is 17.7. The normalized spacial score (nSPS) is 16.9. The van der Waals surface area contributed by atoms with Crippen LogP contribution in [0.4, 0.5) is 0 Å². The van der Waals surface area contributed by atoms with E-state index >= 15 is 0 Å². The van der Waals surface area contributed by atoms with Crippen LogP contribution in [-0.4, -0.2) is 95.9 Å². The highest BCUT2D eigenvalue weighted by molar-refractivity contribution is 7.47. The van der Waals surface area contributed by atoms with Gasteiger partial charge >= 0.3 is 33.6 Å². The first-order valence-corrected chi connectivity index (χ1v) is 14.8. The third-order valence-corrected chi connectivity index (χ3v) is 6.15. The molecule has 0 saturated carbocycles. The van der Waals surface area contributed by atoms with Crippen molar-refractivity contribution in [3.63, 3.8) is 0 Å². The number of phosphoric acid groups is 2. The molecular formula is C20H38O16P2. The van der Waals surface area contributed by atoms with Gasteiger partial charge in [0.05, 0.1) is 33.0 Å². The Hall–Kier alpha value is -1.45. The van der Waals surface area contributed by atoms with Gasteiger partial charge in [0.2, 0.25) is 0 Å². The Bertz CT molecular complexity index is 806. The van der Waals surface area contributed by atoms with Crippen LogP contribution in [0.2, 0.25) is 0 Å². The van der Waals surface area contributed by atoms with Gasteiger partial charge in [0.1, 0.15) is 18.8 Å². The largest absolute Gasteiger partial charge is 0.472 e. The molecule has 0 aliphatic rings. The predicted molar refractivity (Wildman–Crippen MR) is 127 cm³/mol. The summed E-state index contributed by atoms with van der Waals surface area (Å²) in [5.74, 6) is -1.97. The molecule has 0 aromatic carbocycles. The van der Waals surface area contributed by atoms with Crippen molar-refractivity contribution in [1.29, 1.82) is 0 Å². The SMILES string of the molecule is CCCCCC(=O)O[C@H](COC(C)=O)COP(=O)(O)OC[C@@H](O)COP(=O)(O)OC[C@@H](CO)OC(=O)CC. The molecule has 224 valence electrons. The summed E-state index contributed by atoms with van der Waals surface area (Å²) in [7, 11) is -9.58.